The first kappa shape index (κ1) is 14.9. The average Bonchev–Trinajstić information content (AvgIpc) is 3.40. The third-order valence-corrected chi connectivity index (χ3v) is 7.17. The van der Waals surface area contributed by atoms with Crippen LogP contribution in [0.1, 0.15) is 25.7 Å². The minimum absolute atomic E-state index is 0.0000260. The Labute approximate surface area is 136 Å². The summed E-state index contributed by atoms with van der Waals surface area (Å²) >= 11 is 5.90. The maximum atomic E-state index is 13.2. The van der Waals surface area contributed by atoms with Crippen molar-refractivity contribution in [1.82, 2.24) is 4.31 Å². The molecule has 1 saturated heterocycles. The Balaban J connectivity index is 1.72. The van der Waals surface area contributed by atoms with Gasteiger partial charge in [0.2, 0.25) is 10.0 Å². The van der Waals surface area contributed by atoms with E-state index in [4.69, 9.17) is 16.3 Å². The molecule has 3 fully saturated rings. The van der Waals surface area contributed by atoms with Gasteiger partial charge in [0, 0.05) is 5.02 Å². The Hall–Kier alpha value is -0.620. The topological polar surface area (TPSA) is 46.6 Å². The quantitative estimate of drug-likeness (QED) is 0.846. The summed E-state index contributed by atoms with van der Waals surface area (Å²) in [4.78, 5) is 0.343. The lowest BCUT2D eigenvalue weighted by Gasteiger charge is -2.41. The van der Waals surface area contributed by atoms with Crippen LogP contribution in [0.4, 0.5) is 0 Å². The maximum absolute atomic E-state index is 13.2. The number of nitrogens with zero attached hydrogens (tertiary/aromatic N) is 1. The van der Waals surface area contributed by atoms with Crippen LogP contribution in [0.25, 0.3) is 0 Å². The molecule has 0 bridgehead atoms. The molecule has 120 valence electrons. The van der Waals surface area contributed by atoms with Gasteiger partial charge >= 0.3 is 0 Å². The molecule has 2 unspecified atom stereocenters. The number of morpholine rings is 1. The second-order valence-electron chi connectivity index (χ2n) is 6.64. The van der Waals surface area contributed by atoms with Gasteiger partial charge in [-0.2, -0.15) is 4.31 Å². The lowest BCUT2D eigenvalue weighted by molar-refractivity contribution is -0.0202. The van der Waals surface area contributed by atoms with Crippen molar-refractivity contribution < 1.29 is 13.2 Å². The van der Waals surface area contributed by atoms with E-state index < -0.39 is 10.0 Å². The van der Waals surface area contributed by atoms with Gasteiger partial charge in [0.1, 0.15) is 0 Å². The smallest absolute Gasteiger partial charge is 0.243 e. The van der Waals surface area contributed by atoms with Crippen molar-refractivity contribution in [2.75, 3.05) is 13.2 Å². The second-order valence-corrected chi connectivity index (χ2v) is 8.92. The molecule has 3 aliphatic rings. The summed E-state index contributed by atoms with van der Waals surface area (Å²) in [6.07, 6.45) is 4.44. The first-order chi connectivity index (χ1) is 10.6. The van der Waals surface area contributed by atoms with Crippen molar-refractivity contribution in [3.05, 3.63) is 29.3 Å². The number of ether oxygens (including phenoxy) is 1. The van der Waals surface area contributed by atoms with Crippen molar-refractivity contribution in [2.45, 2.75) is 42.7 Å². The van der Waals surface area contributed by atoms with Gasteiger partial charge in [0.15, 0.2) is 0 Å². The number of hydrogen-bond acceptors (Lipinski definition) is 3. The zero-order valence-corrected chi connectivity index (χ0v) is 13.9. The number of rotatable bonds is 4. The molecule has 0 aromatic heterocycles. The monoisotopic (exact) mass is 341 g/mol. The lowest BCUT2D eigenvalue weighted by atomic mass is 10.1. The molecule has 4 rings (SSSR count). The Morgan fingerprint density at radius 2 is 1.45 bits per heavy atom. The second kappa shape index (κ2) is 5.48. The average molecular weight is 342 g/mol. The number of hydrogen-bond donors (Lipinski definition) is 0. The predicted octanol–water partition coefficient (Wildman–Crippen LogP) is 2.92. The molecule has 6 heteroatoms. The van der Waals surface area contributed by atoms with Crippen LogP contribution >= 0.6 is 11.6 Å². The van der Waals surface area contributed by atoms with Crippen molar-refractivity contribution in [3.63, 3.8) is 0 Å². The summed E-state index contributed by atoms with van der Waals surface area (Å²) in [6, 6.07) is 6.52. The van der Waals surface area contributed by atoms with Crippen LogP contribution in [0.15, 0.2) is 29.2 Å². The molecule has 1 aliphatic heterocycles. The van der Waals surface area contributed by atoms with E-state index in [9.17, 15) is 8.42 Å². The molecule has 0 amide bonds. The Morgan fingerprint density at radius 1 is 0.955 bits per heavy atom. The van der Waals surface area contributed by atoms with Gasteiger partial charge in [-0.15, -0.1) is 0 Å². The number of sulfonamides is 1. The van der Waals surface area contributed by atoms with Gasteiger partial charge in [-0.25, -0.2) is 8.42 Å². The third kappa shape index (κ3) is 2.68. The highest BCUT2D eigenvalue weighted by molar-refractivity contribution is 7.89. The highest BCUT2D eigenvalue weighted by Crippen LogP contribution is 2.45. The molecule has 2 aliphatic carbocycles. The third-order valence-electron chi connectivity index (χ3n) is 4.95. The summed E-state index contributed by atoms with van der Waals surface area (Å²) in [6.45, 7) is 1.06. The molecule has 2 saturated carbocycles. The van der Waals surface area contributed by atoms with E-state index >= 15 is 0 Å². The maximum Gasteiger partial charge on any atom is 0.243 e. The van der Waals surface area contributed by atoms with Crippen molar-refractivity contribution in [3.8, 4) is 0 Å². The van der Waals surface area contributed by atoms with Crippen molar-refractivity contribution in [2.24, 2.45) is 11.8 Å². The molecule has 0 spiro atoms. The van der Waals surface area contributed by atoms with E-state index in [1.807, 2.05) is 0 Å². The van der Waals surface area contributed by atoms with Crippen LogP contribution in [0, 0.1) is 11.8 Å². The molecule has 1 heterocycles. The fraction of sp³-hybridized carbons (Fsp3) is 0.625. The van der Waals surface area contributed by atoms with E-state index in [0.29, 0.717) is 35.0 Å². The van der Waals surface area contributed by atoms with Gasteiger partial charge < -0.3 is 4.74 Å². The Kier molecular flexibility index (Phi) is 3.72. The zero-order valence-electron chi connectivity index (χ0n) is 12.3. The van der Waals surface area contributed by atoms with Crippen LogP contribution in [0.3, 0.4) is 0 Å². The molecule has 0 N–H and O–H groups in total. The Bertz CT molecular complexity index is 632. The zero-order chi connectivity index (χ0) is 15.3. The standard InChI is InChI=1S/C16H20ClNO3S/c17-13-5-7-14(8-6-13)22(19,20)18-15(11-1-2-11)9-21-10-16(18)12-3-4-12/h5-8,11-12,15-16H,1-4,9-10H2. The summed E-state index contributed by atoms with van der Waals surface area (Å²) in [5.41, 5.74) is 0. The van der Waals surface area contributed by atoms with E-state index in [1.165, 1.54) is 0 Å². The summed E-state index contributed by atoms with van der Waals surface area (Å²) < 4.78 is 34.0. The molecule has 0 radical (unpaired) electrons. The van der Waals surface area contributed by atoms with Crippen molar-refractivity contribution in [1.29, 1.82) is 0 Å². The summed E-state index contributed by atoms with van der Waals surface area (Å²) in [5, 5.41) is 0.554. The van der Waals surface area contributed by atoms with Crippen LogP contribution < -0.4 is 0 Å². The SMILES string of the molecule is O=S(=O)(c1ccc(Cl)cc1)N1C(C2CC2)COCC1C1CC1. The van der Waals surface area contributed by atoms with E-state index in [2.05, 4.69) is 0 Å². The molecule has 22 heavy (non-hydrogen) atoms. The predicted molar refractivity (Wildman–Crippen MR) is 84.3 cm³/mol. The minimum Gasteiger partial charge on any atom is -0.378 e. The minimum atomic E-state index is -3.49. The van der Waals surface area contributed by atoms with E-state index in [0.717, 1.165) is 25.7 Å². The first-order valence-electron chi connectivity index (χ1n) is 7.94. The molecular formula is C16H20ClNO3S. The van der Waals surface area contributed by atoms with Crippen LogP contribution in [0.2, 0.25) is 5.02 Å². The number of halogens is 1. The molecule has 2 atom stereocenters. The molecule has 1 aromatic carbocycles. The summed E-state index contributed by atoms with van der Waals surface area (Å²) in [5.74, 6) is 0.923. The first-order valence-corrected chi connectivity index (χ1v) is 9.76. The summed E-state index contributed by atoms with van der Waals surface area (Å²) in [7, 11) is -3.49. The normalized spacial score (nSPS) is 30.4. The Morgan fingerprint density at radius 3 is 1.91 bits per heavy atom. The van der Waals surface area contributed by atoms with Gasteiger partial charge in [-0.1, -0.05) is 11.6 Å². The van der Waals surface area contributed by atoms with Gasteiger partial charge in [-0.3, -0.25) is 0 Å². The highest BCUT2D eigenvalue weighted by Gasteiger charge is 2.50. The van der Waals surface area contributed by atoms with E-state index in [1.54, 1.807) is 28.6 Å². The highest BCUT2D eigenvalue weighted by atomic mass is 35.5. The van der Waals surface area contributed by atoms with Gasteiger partial charge in [-0.05, 0) is 61.8 Å². The van der Waals surface area contributed by atoms with Crippen molar-refractivity contribution >= 4 is 21.6 Å². The largest absolute Gasteiger partial charge is 0.378 e. The fourth-order valence-corrected chi connectivity index (χ4v) is 5.47. The fourth-order valence-electron chi connectivity index (χ4n) is 3.44. The number of benzene rings is 1. The van der Waals surface area contributed by atoms with Crippen LogP contribution in [-0.2, 0) is 14.8 Å². The lowest BCUT2D eigenvalue weighted by Crippen LogP contribution is -2.56. The van der Waals surface area contributed by atoms with E-state index in [-0.39, 0.29) is 12.1 Å². The van der Waals surface area contributed by atoms with Crippen LogP contribution in [0.5, 0.6) is 0 Å². The molecular weight excluding hydrogens is 322 g/mol. The molecule has 4 nitrogen and oxygen atoms in total. The van der Waals surface area contributed by atoms with Gasteiger partial charge in [0.25, 0.3) is 0 Å². The van der Waals surface area contributed by atoms with Crippen LogP contribution in [-0.4, -0.2) is 38.0 Å². The van der Waals surface area contributed by atoms with Gasteiger partial charge in [0.05, 0.1) is 30.2 Å². The molecule has 1 aromatic rings.